The van der Waals surface area contributed by atoms with Gasteiger partial charge in [-0.2, -0.15) is 0 Å². The quantitative estimate of drug-likeness (QED) is 0.748. The second kappa shape index (κ2) is 5.78. The Kier molecular flexibility index (Phi) is 4.66. The first-order chi connectivity index (χ1) is 7.65. The summed E-state index contributed by atoms with van der Waals surface area (Å²) in [6.45, 7) is 6.31. The Labute approximate surface area is 97.9 Å². The maximum atomic E-state index is 9.91. The van der Waals surface area contributed by atoms with Crippen LogP contribution in [0.3, 0.4) is 0 Å². The van der Waals surface area contributed by atoms with Crippen molar-refractivity contribution in [1.82, 2.24) is 0 Å². The van der Waals surface area contributed by atoms with E-state index in [2.05, 4.69) is 20.8 Å². The van der Waals surface area contributed by atoms with Crippen LogP contribution in [0.15, 0.2) is 6.07 Å². The average Bonchev–Trinajstić information content (AvgIpc) is 2.30. The molecule has 16 heavy (non-hydrogen) atoms. The van der Waals surface area contributed by atoms with E-state index in [0.717, 1.165) is 43.2 Å². The SMILES string of the molecule is CCCCc1c(O)c(O)cc(CC)c1CC. The Balaban J connectivity index is 3.23. The van der Waals surface area contributed by atoms with Crippen LogP contribution in [0.25, 0.3) is 0 Å². The number of phenols is 2. The number of aryl methyl sites for hydroxylation is 1. The van der Waals surface area contributed by atoms with Crippen LogP contribution < -0.4 is 0 Å². The van der Waals surface area contributed by atoms with Crippen molar-refractivity contribution >= 4 is 0 Å². The van der Waals surface area contributed by atoms with Crippen LogP contribution in [0.1, 0.15) is 50.3 Å². The van der Waals surface area contributed by atoms with Gasteiger partial charge in [-0.1, -0.05) is 27.2 Å². The summed E-state index contributed by atoms with van der Waals surface area (Å²) in [6.07, 6.45) is 4.81. The van der Waals surface area contributed by atoms with Crippen LogP contribution in [-0.2, 0) is 19.3 Å². The summed E-state index contributed by atoms with van der Waals surface area (Å²) in [7, 11) is 0. The smallest absolute Gasteiger partial charge is 0.160 e. The molecular weight excluding hydrogens is 200 g/mol. The van der Waals surface area contributed by atoms with E-state index in [9.17, 15) is 10.2 Å². The van der Waals surface area contributed by atoms with Gasteiger partial charge in [0.1, 0.15) is 0 Å². The van der Waals surface area contributed by atoms with Crippen molar-refractivity contribution in [2.24, 2.45) is 0 Å². The Bertz CT molecular complexity index is 356. The number of rotatable bonds is 5. The van der Waals surface area contributed by atoms with Crippen LogP contribution in [0.5, 0.6) is 11.5 Å². The van der Waals surface area contributed by atoms with E-state index in [4.69, 9.17) is 0 Å². The molecule has 0 saturated carbocycles. The molecule has 0 amide bonds. The van der Waals surface area contributed by atoms with Crippen molar-refractivity contribution in [3.8, 4) is 11.5 Å². The number of phenolic OH excluding ortho intramolecular Hbond substituents is 2. The summed E-state index contributed by atoms with van der Waals surface area (Å²) >= 11 is 0. The molecule has 1 rings (SSSR count). The number of hydrogen-bond donors (Lipinski definition) is 2. The van der Waals surface area contributed by atoms with E-state index >= 15 is 0 Å². The van der Waals surface area contributed by atoms with Gasteiger partial charge >= 0.3 is 0 Å². The lowest BCUT2D eigenvalue weighted by Crippen LogP contribution is -2.00. The van der Waals surface area contributed by atoms with Crippen molar-refractivity contribution in [2.75, 3.05) is 0 Å². The van der Waals surface area contributed by atoms with Crippen molar-refractivity contribution in [1.29, 1.82) is 0 Å². The zero-order valence-electron chi connectivity index (χ0n) is 10.5. The van der Waals surface area contributed by atoms with E-state index in [1.54, 1.807) is 6.07 Å². The molecule has 2 nitrogen and oxygen atoms in total. The maximum Gasteiger partial charge on any atom is 0.160 e. The molecule has 0 aromatic heterocycles. The summed E-state index contributed by atoms with van der Waals surface area (Å²) in [5.41, 5.74) is 3.32. The van der Waals surface area contributed by atoms with Gasteiger partial charge in [-0.25, -0.2) is 0 Å². The Morgan fingerprint density at radius 2 is 1.69 bits per heavy atom. The lowest BCUT2D eigenvalue weighted by Gasteiger charge is -2.15. The normalized spacial score (nSPS) is 10.7. The molecule has 0 aliphatic carbocycles. The number of hydrogen-bond acceptors (Lipinski definition) is 2. The van der Waals surface area contributed by atoms with Crippen LogP contribution >= 0.6 is 0 Å². The highest BCUT2D eigenvalue weighted by molar-refractivity contribution is 5.53. The van der Waals surface area contributed by atoms with Crippen LogP contribution in [0, 0.1) is 0 Å². The second-order valence-corrected chi connectivity index (χ2v) is 4.17. The van der Waals surface area contributed by atoms with Crippen LogP contribution in [0.4, 0.5) is 0 Å². The average molecular weight is 222 g/mol. The van der Waals surface area contributed by atoms with Crippen molar-refractivity contribution in [2.45, 2.75) is 52.9 Å². The highest BCUT2D eigenvalue weighted by atomic mass is 16.3. The minimum absolute atomic E-state index is 0.0279. The minimum Gasteiger partial charge on any atom is -0.504 e. The minimum atomic E-state index is 0.0279. The summed E-state index contributed by atoms with van der Waals surface area (Å²) in [4.78, 5) is 0. The third-order valence-electron chi connectivity index (χ3n) is 3.11. The molecule has 0 bridgehead atoms. The highest BCUT2D eigenvalue weighted by Crippen LogP contribution is 2.35. The maximum absolute atomic E-state index is 9.91. The van der Waals surface area contributed by atoms with Crippen LogP contribution in [-0.4, -0.2) is 10.2 Å². The Hall–Kier alpha value is -1.18. The number of benzene rings is 1. The van der Waals surface area contributed by atoms with Gasteiger partial charge in [0.15, 0.2) is 11.5 Å². The second-order valence-electron chi connectivity index (χ2n) is 4.17. The summed E-state index contributed by atoms with van der Waals surface area (Å²) in [5.74, 6) is 0.114. The first kappa shape index (κ1) is 12.9. The molecule has 2 N–H and O–H groups in total. The molecule has 0 unspecified atom stereocenters. The predicted octanol–water partition coefficient (Wildman–Crippen LogP) is 3.57. The fourth-order valence-corrected chi connectivity index (χ4v) is 2.19. The molecule has 0 spiro atoms. The Morgan fingerprint density at radius 3 is 2.19 bits per heavy atom. The van der Waals surface area contributed by atoms with Crippen LogP contribution in [0.2, 0.25) is 0 Å². The third-order valence-corrected chi connectivity index (χ3v) is 3.11. The fraction of sp³-hybridized carbons (Fsp3) is 0.571. The fourth-order valence-electron chi connectivity index (χ4n) is 2.19. The molecule has 0 heterocycles. The van der Waals surface area contributed by atoms with E-state index in [0.29, 0.717) is 0 Å². The van der Waals surface area contributed by atoms with Gasteiger partial charge in [0.05, 0.1) is 0 Å². The standard InChI is InChI=1S/C14H22O2/c1-4-7-8-12-11(6-3)10(5-2)9-13(15)14(12)16/h9,15-16H,4-8H2,1-3H3. The van der Waals surface area contributed by atoms with E-state index < -0.39 is 0 Å². The van der Waals surface area contributed by atoms with Gasteiger partial charge in [0, 0.05) is 5.56 Å². The molecule has 0 radical (unpaired) electrons. The summed E-state index contributed by atoms with van der Waals surface area (Å²) in [6, 6.07) is 1.70. The highest BCUT2D eigenvalue weighted by Gasteiger charge is 2.14. The largest absolute Gasteiger partial charge is 0.504 e. The van der Waals surface area contributed by atoms with Gasteiger partial charge < -0.3 is 10.2 Å². The van der Waals surface area contributed by atoms with Gasteiger partial charge in [-0.15, -0.1) is 0 Å². The zero-order valence-corrected chi connectivity index (χ0v) is 10.5. The molecule has 0 fully saturated rings. The van der Waals surface area contributed by atoms with Gasteiger partial charge in [0.2, 0.25) is 0 Å². The van der Waals surface area contributed by atoms with Crippen molar-refractivity contribution in [3.05, 3.63) is 22.8 Å². The molecule has 0 atom stereocenters. The Morgan fingerprint density at radius 1 is 1.00 bits per heavy atom. The predicted molar refractivity (Wildman–Crippen MR) is 67.1 cm³/mol. The third kappa shape index (κ3) is 2.49. The monoisotopic (exact) mass is 222 g/mol. The summed E-state index contributed by atoms with van der Waals surface area (Å²) in [5, 5.41) is 19.6. The van der Waals surface area contributed by atoms with E-state index in [1.165, 1.54) is 5.56 Å². The van der Waals surface area contributed by atoms with Crippen molar-refractivity contribution < 1.29 is 10.2 Å². The number of aromatic hydroxyl groups is 2. The van der Waals surface area contributed by atoms with E-state index in [1.807, 2.05) is 0 Å². The molecule has 0 aliphatic heterocycles. The van der Waals surface area contributed by atoms with Crippen molar-refractivity contribution in [3.63, 3.8) is 0 Å². The molecule has 1 aromatic carbocycles. The van der Waals surface area contributed by atoms with E-state index in [-0.39, 0.29) is 11.5 Å². The first-order valence-corrected chi connectivity index (χ1v) is 6.21. The van der Waals surface area contributed by atoms with Gasteiger partial charge in [-0.05, 0) is 42.9 Å². The lowest BCUT2D eigenvalue weighted by atomic mass is 9.92. The van der Waals surface area contributed by atoms with Gasteiger partial charge in [-0.3, -0.25) is 0 Å². The molecule has 0 aliphatic rings. The topological polar surface area (TPSA) is 40.5 Å². The molecular formula is C14H22O2. The summed E-state index contributed by atoms with van der Waals surface area (Å²) < 4.78 is 0. The molecule has 90 valence electrons. The van der Waals surface area contributed by atoms with Gasteiger partial charge in [0.25, 0.3) is 0 Å². The lowest BCUT2D eigenvalue weighted by molar-refractivity contribution is 0.397. The molecule has 0 saturated heterocycles. The molecule has 2 heteroatoms. The number of unbranched alkanes of at least 4 members (excludes halogenated alkanes) is 1. The zero-order chi connectivity index (χ0) is 12.1. The first-order valence-electron chi connectivity index (χ1n) is 6.21. The molecule has 1 aromatic rings.